The van der Waals surface area contributed by atoms with Gasteiger partial charge in [0, 0.05) is 24.5 Å². The summed E-state index contributed by atoms with van der Waals surface area (Å²) in [6.07, 6.45) is 8.80. The zero-order valence-corrected chi connectivity index (χ0v) is 17.7. The van der Waals surface area contributed by atoms with Gasteiger partial charge in [0.05, 0.1) is 5.56 Å². The third-order valence-electron chi connectivity index (χ3n) is 4.81. The number of rotatable bonds is 5. The number of alkyl halides is 2. The topological polar surface area (TPSA) is 46.9 Å². The molecule has 158 valence electrons. The normalized spacial score (nSPS) is 15.6. The Balaban J connectivity index is 1.80. The second kappa shape index (κ2) is 8.78. The molecule has 4 nitrogen and oxygen atoms in total. The number of carbonyl (C=O) groups excluding carboxylic acids is 1. The summed E-state index contributed by atoms with van der Waals surface area (Å²) in [4.78, 5) is 12.7. The van der Waals surface area contributed by atoms with Crippen molar-refractivity contribution in [3.05, 3.63) is 77.2 Å². The zero-order chi connectivity index (χ0) is 21.9. The van der Waals surface area contributed by atoms with Gasteiger partial charge in [0.25, 0.3) is 12.3 Å². The Kier molecular flexibility index (Phi) is 6.34. The summed E-state index contributed by atoms with van der Waals surface area (Å²) in [7, 11) is 1.51. The molecule has 0 aliphatic heterocycles. The maximum absolute atomic E-state index is 13.2. The van der Waals surface area contributed by atoms with E-state index in [1.807, 2.05) is 18.2 Å². The fourth-order valence-electron chi connectivity index (χ4n) is 3.22. The molecule has 6 heteroatoms. The van der Waals surface area contributed by atoms with Gasteiger partial charge in [-0.3, -0.25) is 9.48 Å². The van der Waals surface area contributed by atoms with Crippen molar-refractivity contribution < 1.29 is 13.6 Å². The van der Waals surface area contributed by atoms with Gasteiger partial charge in [-0.15, -0.1) is 0 Å². The monoisotopic (exact) mass is 411 g/mol. The quantitative estimate of drug-likeness (QED) is 0.626. The number of amides is 1. The van der Waals surface area contributed by atoms with Gasteiger partial charge in [0.15, 0.2) is 0 Å². The van der Waals surface area contributed by atoms with Gasteiger partial charge in [-0.25, -0.2) is 8.78 Å². The fourth-order valence-corrected chi connectivity index (χ4v) is 3.22. The van der Waals surface area contributed by atoms with Gasteiger partial charge in [-0.05, 0) is 35.5 Å². The van der Waals surface area contributed by atoms with Gasteiger partial charge < -0.3 is 5.32 Å². The lowest BCUT2D eigenvalue weighted by Crippen LogP contribution is -2.14. The van der Waals surface area contributed by atoms with Crippen molar-refractivity contribution in [2.24, 2.45) is 12.5 Å². The molecule has 0 radical (unpaired) electrons. The number of nitrogens with zero attached hydrogens (tertiary/aromatic N) is 2. The molecule has 0 bridgehead atoms. The number of hydrogen-bond acceptors (Lipinski definition) is 2. The largest absolute Gasteiger partial charge is 0.321 e. The molecule has 1 aromatic heterocycles. The van der Waals surface area contributed by atoms with E-state index in [2.05, 4.69) is 49.4 Å². The van der Waals surface area contributed by atoms with Crippen molar-refractivity contribution in [3.8, 4) is 0 Å². The van der Waals surface area contributed by atoms with E-state index in [9.17, 15) is 13.6 Å². The number of allylic oxidation sites excluding steroid dienone is 6. The highest BCUT2D eigenvalue weighted by Gasteiger charge is 2.23. The number of nitrogens with one attached hydrogen (secondary N) is 1. The summed E-state index contributed by atoms with van der Waals surface area (Å²) in [5.74, 6) is -0.600. The minimum absolute atomic E-state index is 0.122. The van der Waals surface area contributed by atoms with Crippen molar-refractivity contribution in [2.75, 3.05) is 5.32 Å². The van der Waals surface area contributed by atoms with Crippen LogP contribution in [0.3, 0.4) is 0 Å². The zero-order valence-electron chi connectivity index (χ0n) is 17.7. The number of benzene rings is 1. The van der Waals surface area contributed by atoms with Gasteiger partial charge in [0.2, 0.25) is 0 Å². The predicted octanol–water partition coefficient (Wildman–Crippen LogP) is 6.32. The number of para-hydroxylation sites is 1. The van der Waals surface area contributed by atoms with Crippen LogP contribution in [-0.2, 0) is 7.05 Å². The predicted molar refractivity (Wildman–Crippen MR) is 116 cm³/mol. The molecule has 1 aliphatic rings. The van der Waals surface area contributed by atoms with Crippen LogP contribution in [0.15, 0.2) is 60.3 Å². The van der Waals surface area contributed by atoms with Gasteiger partial charge in [-0.1, -0.05) is 63.3 Å². The minimum Gasteiger partial charge on any atom is -0.321 e. The summed E-state index contributed by atoms with van der Waals surface area (Å²) < 4.78 is 27.6. The smallest absolute Gasteiger partial charge is 0.282 e. The second-order valence-electron chi connectivity index (χ2n) is 8.64. The van der Waals surface area contributed by atoms with E-state index >= 15 is 0 Å². The molecule has 0 saturated carbocycles. The molecule has 0 saturated heterocycles. The highest BCUT2D eigenvalue weighted by molar-refractivity contribution is 6.06. The average Bonchev–Trinajstić information content (AvgIpc) is 3.09. The van der Waals surface area contributed by atoms with E-state index in [0.717, 1.165) is 24.0 Å². The molecule has 0 atom stereocenters. The van der Waals surface area contributed by atoms with Crippen LogP contribution in [0.25, 0.3) is 5.57 Å². The molecule has 0 fully saturated rings. The fraction of sp³-hybridized carbons (Fsp3) is 0.333. The average molecular weight is 411 g/mol. The summed E-state index contributed by atoms with van der Waals surface area (Å²) in [6.45, 7) is 6.62. The van der Waals surface area contributed by atoms with Crippen LogP contribution in [0.4, 0.5) is 14.5 Å². The molecular formula is C24H27F2N3O. The first-order valence-electron chi connectivity index (χ1n) is 9.94. The molecule has 1 heterocycles. The van der Waals surface area contributed by atoms with Crippen LogP contribution >= 0.6 is 0 Å². The van der Waals surface area contributed by atoms with Gasteiger partial charge in [-0.2, -0.15) is 5.10 Å². The summed E-state index contributed by atoms with van der Waals surface area (Å²) in [5.41, 5.74) is 3.27. The van der Waals surface area contributed by atoms with Crippen LogP contribution in [0.2, 0.25) is 0 Å². The van der Waals surface area contributed by atoms with Gasteiger partial charge in [0.1, 0.15) is 5.69 Å². The molecule has 0 unspecified atom stereocenters. The Hall–Kier alpha value is -3.02. The molecule has 0 spiro atoms. The first-order chi connectivity index (χ1) is 14.1. The van der Waals surface area contributed by atoms with Gasteiger partial charge >= 0.3 is 0 Å². The van der Waals surface area contributed by atoms with E-state index in [4.69, 9.17) is 0 Å². The first-order valence-corrected chi connectivity index (χ1v) is 9.94. The maximum Gasteiger partial charge on any atom is 0.282 e. The van der Waals surface area contributed by atoms with E-state index < -0.39 is 18.0 Å². The van der Waals surface area contributed by atoms with Crippen molar-refractivity contribution >= 4 is 17.2 Å². The highest BCUT2D eigenvalue weighted by Crippen LogP contribution is 2.31. The van der Waals surface area contributed by atoms with E-state index in [1.54, 1.807) is 12.1 Å². The molecule has 1 aliphatic carbocycles. The highest BCUT2D eigenvalue weighted by atomic mass is 19.3. The van der Waals surface area contributed by atoms with E-state index in [1.165, 1.54) is 23.5 Å². The van der Waals surface area contributed by atoms with Crippen LogP contribution < -0.4 is 5.32 Å². The van der Waals surface area contributed by atoms with Crippen molar-refractivity contribution in [2.45, 2.75) is 40.0 Å². The molecule has 1 amide bonds. The number of aryl methyl sites for hydroxylation is 1. The van der Waals surface area contributed by atoms with Crippen molar-refractivity contribution in [1.29, 1.82) is 0 Å². The first kappa shape index (κ1) is 21.7. The number of aromatic nitrogens is 2. The maximum atomic E-state index is 13.2. The van der Waals surface area contributed by atoms with Crippen LogP contribution in [0, 0.1) is 5.41 Å². The van der Waals surface area contributed by atoms with Crippen molar-refractivity contribution in [3.63, 3.8) is 0 Å². The summed E-state index contributed by atoms with van der Waals surface area (Å²) in [5, 5.41) is 6.48. The SMILES string of the molecule is Cn1cc(C(=O)Nc2ccccc2C2=CCC(=CCC(C)(C)C)C=C2)c(C(F)F)n1. The lowest BCUT2D eigenvalue weighted by molar-refractivity contribution is 0.101. The number of anilines is 1. The number of halogens is 2. The van der Waals surface area contributed by atoms with Crippen molar-refractivity contribution in [1.82, 2.24) is 9.78 Å². The number of hydrogen-bond donors (Lipinski definition) is 1. The molecule has 30 heavy (non-hydrogen) atoms. The Morgan fingerprint density at radius 2 is 2.00 bits per heavy atom. The van der Waals surface area contributed by atoms with Crippen LogP contribution in [0.1, 0.15) is 61.7 Å². The molecular weight excluding hydrogens is 384 g/mol. The Morgan fingerprint density at radius 3 is 2.63 bits per heavy atom. The van der Waals surface area contributed by atoms with Crippen LogP contribution in [-0.4, -0.2) is 15.7 Å². The standard InChI is InChI=1S/C24H27F2N3O/c1-24(2,3)14-13-16-9-11-17(12-10-16)18-7-5-6-8-20(18)27-23(30)19-15-29(4)28-21(19)22(25)26/h5-9,11-13,15,22H,10,14H2,1-4H3,(H,27,30). The summed E-state index contributed by atoms with van der Waals surface area (Å²) >= 11 is 0. The molecule has 2 aromatic rings. The molecule has 1 aromatic carbocycles. The third-order valence-corrected chi connectivity index (χ3v) is 4.81. The Morgan fingerprint density at radius 1 is 1.27 bits per heavy atom. The molecule has 3 rings (SSSR count). The lowest BCUT2D eigenvalue weighted by atomic mass is 9.89. The summed E-state index contributed by atoms with van der Waals surface area (Å²) in [6, 6.07) is 7.37. The Labute approximate surface area is 176 Å². The Bertz CT molecular complexity index is 1020. The van der Waals surface area contributed by atoms with Crippen LogP contribution in [0.5, 0.6) is 0 Å². The lowest BCUT2D eigenvalue weighted by Gasteiger charge is -2.17. The van der Waals surface area contributed by atoms with E-state index in [0.29, 0.717) is 5.69 Å². The second-order valence-corrected chi connectivity index (χ2v) is 8.64. The third kappa shape index (κ3) is 5.32. The minimum atomic E-state index is -2.82. The molecule has 1 N–H and O–H groups in total. The van der Waals surface area contributed by atoms with E-state index in [-0.39, 0.29) is 11.0 Å². The number of carbonyl (C=O) groups is 1.